The van der Waals surface area contributed by atoms with Gasteiger partial charge in [-0.2, -0.15) is 0 Å². The Balaban J connectivity index is 1.34. The van der Waals surface area contributed by atoms with Crippen LogP contribution in [0.4, 0.5) is 0 Å². The third-order valence-corrected chi connectivity index (χ3v) is 7.21. The Kier molecular flexibility index (Phi) is 7.52. The Labute approximate surface area is 179 Å². The predicted molar refractivity (Wildman–Crippen MR) is 116 cm³/mol. The molecule has 1 aliphatic rings. The van der Waals surface area contributed by atoms with Crippen LogP contribution in [0.2, 0.25) is 0 Å². The second-order valence-corrected chi connectivity index (χ2v) is 9.69. The van der Waals surface area contributed by atoms with Crippen LogP contribution in [-0.2, 0) is 27.4 Å². The molecule has 3 nitrogen and oxygen atoms in total. The van der Waals surface area contributed by atoms with Crippen molar-refractivity contribution in [2.75, 3.05) is 6.61 Å². The van der Waals surface area contributed by atoms with Gasteiger partial charge in [0, 0.05) is 0 Å². The first kappa shape index (κ1) is 20.3. The van der Waals surface area contributed by atoms with Crippen molar-refractivity contribution >= 4 is 19.4 Å². The van der Waals surface area contributed by atoms with Crippen molar-refractivity contribution in [1.29, 1.82) is 0 Å². The maximum atomic E-state index is 6.38. The molecule has 1 unspecified atom stereocenters. The Morgan fingerprint density at radius 1 is 0.759 bits per heavy atom. The molecule has 0 N–H and O–H groups in total. The van der Waals surface area contributed by atoms with Gasteiger partial charge in [-0.25, -0.2) is 0 Å². The van der Waals surface area contributed by atoms with Crippen LogP contribution in [0.25, 0.3) is 0 Å². The van der Waals surface area contributed by atoms with Gasteiger partial charge in [0.05, 0.1) is 0 Å². The second kappa shape index (κ2) is 10.7. The van der Waals surface area contributed by atoms with Crippen molar-refractivity contribution in [2.24, 2.45) is 0 Å². The molecule has 1 aliphatic heterocycles. The van der Waals surface area contributed by atoms with E-state index >= 15 is 0 Å². The van der Waals surface area contributed by atoms with Gasteiger partial charge >= 0.3 is 179 Å². The van der Waals surface area contributed by atoms with Gasteiger partial charge in [0.25, 0.3) is 0 Å². The fraction of sp³-hybridized carbons (Fsp3) is 0.280. The van der Waals surface area contributed by atoms with Crippen molar-refractivity contribution in [1.82, 2.24) is 0 Å². The van der Waals surface area contributed by atoms with Crippen molar-refractivity contribution in [3.8, 4) is 0 Å². The SMILES string of the molecule is c1ccc(COC[C@H]2OC([Se]c3ccccc3)C[C@H]2OCc2ccccc2)cc1. The molecule has 0 saturated carbocycles. The molecule has 0 spiro atoms. The van der Waals surface area contributed by atoms with Crippen LogP contribution in [0.3, 0.4) is 0 Å². The van der Waals surface area contributed by atoms with Gasteiger partial charge in [-0.15, -0.1) is 0 Å². The van der Waals surface area contributed by atoms with Crippen molar-refractivity contribution < 1.29 is 14.2 Å². The summed E-state index contributed by atoms with van der Waals surface area (Å²) in [6, 6.07) is 31.2. The van der Waals surface area contributed by atoms with E-state index in [1.165, 1.54) is 15.6 Å². The van der Waals surface area contributed by atoms with Gasteiger partial charge in [-0.1, -0.05) is 0 Å². The summed E-state index contributed by atoms with van der Waals surface area (Å²) in [5, 5.41) is 0.219. The van der Waals surface area contributed by atoms with E-state index in [-0.39, 0.29) is 32.2 Å². The molecule has 4 rings (SSSR count). The zero-order chi connectivity index (χ0) is 19.7. The first-order valence-corrected chi connectivity index (χ1v) is 11.9. The van der Waals surface area contributed by atoms with Crippen LogP contribution in [-0.4, -0.2) is 38.8 Å². The number of benzene rings is 3. The Hall–Kier alpha value is -1.94. The molecule has 1 heterocycles. The van der Waals surface area contributed by atoms with E-state index in [0.717, 1.165) is 6.42 Å². The van der Waals surface area contributed by atoms with Crippen LogP contribution in [0, 0.1) is 0 Å². The van der Waals surface area contributed by atoms with Crippen molar-refractivity contribution in [3.63, 3.8) is 0 Å². The van der Waals surface area contributed by atoms with Crippen LogP contribution in [0.15, 0.2) is 91.0 Å². The normalized spacial score (nSPS) is 21.3. The summed E-state index contributed by atoms with van der Waals surface area (Å²) >= 11 is 0.268. The van der Waals surface area contributed by atoms with E-state index in [0.29, 0.717) is 19.8 Å². The molecular weight excluding hydrogens is 427 g/mol. The monoisotopic (exact) mass is 454 g/mol. The fourth-order valence-electron chi connectivity index (χ4n) is 3.37. The maximum absolute atomic E-state index is 6.38. The van der Waals surface area contributed by atoms with E-state index in [2.05, 4.69) is 54.6 Å². The quantitative estimate of drug-likeness (QED) is 0.460. The summed E-state index contributed by atoms with van der Waals surface area (Å²) in [6.07, 6.45) is 0.945. The predicted octanol–water partition coefficient (Wildman–Crippen LogP) is 3.93. The molecule has 4 heteroatoms. The molecule has 0 amide bonds. The molecular formula is C25H26O3Se. The van der Waals surface area contributed by atoms with Crippen molar-refractivity contribution in [2.45, 2.75) is 36.8 Å². The second-order valence-electron chi connectivity index (χ2n) is 7.11. The van der Waals surface area contributed by atoms with Gasteiger partial charge in [0.2, 0.25) is 0 Å². The topological polar surface area (TPSA) is 27.7 Å². The Bertz CT molecular complexity index is 842. The van der Waals surface area contributed by atoms with Gasteiger partial charge in [0.1, 0.15) is 0 Å². The number of hydrogen-bond acceptors (Lipinski definition) is 3. The van der Waals surface area contributed by atoms with E-state index in [1.54, 1.807) is 0 Å². The zero-order valence-electron chi connectivity index (χ0n) is 16.4. The van der Waals surface area contributed by atoms with E-state index in [9.17, 15) is 0 Å². The van der Waals surface area contributed by atoms with E-state index in [1.807, 2.05) is 36.4 Å². The van der Waals surface area contributed by atoms with Gasteiger partial charge in [-0.05, 0) is 0 Å². The Morgan fingerprint density at radius 3 is 2.00 bits per heavy atom. The summed E-state index contributed by atoms with van der Waals surface area (Å²) in [5.74, 6) is 0. The molecule has 0 aliphatic carbocycles. The molecule has 3 aromatic carbocycles. The number of hydrogen-bond donors (Lipinski definition) is 0. The molecule has 1 fully saturated rings. The van der Waals surface area contributed by atoms with Crippen LogP contribution < -0.4 is 4.46 Å². The average molecular weight is 453 g/mol. The summed E-state index contributed by atoms with van der Waals surface area (Å²) < 4.78 is 20.0. The number of rotatable bonds is 9. The van der Waals surface area contributed by atoms with E-state index in [4.69, 9.17) is 14.2 Å². The molecule has 3 aromatic rings. The molecule has 0 bridgehead atoms. The molecule has 3 atom stereocenters. The van der Waals surface area contributed by atoms with Crippen LogP contribution in [0.1, 0.15) is 17.5 Å². The van der Waals surface area contributed by atoms with Gasteiger partial charge in [-0.3, -0.25) is 0 Å². The summed E-state index contributed by atoms with van der Waals surface area (Å²) in [7, 11) is 0. The summed E-state index contributed by atoms with van der Waals surface area (Å²) in [4.78, 5) is 0. The number of ether oxygens (including phenoxy) is 3. The first-order chi connectivity index (χ1) is 14.4. The minimum atomic E-state index is -0.0296. The van der Waals surface area contributed by atoms with Crippen LogP contribution >= 0.6 is 0 Å². The minimum absolute atomic E-state index is 0.0296. The summed E-state index contributed by atoms with van der Waals surface area (Å²) in [6.45, 7) is 1.76. The molecule has 0 aromatic heterocycles. The molecule has 1 saturated heterocycles. The van der Waals surface area contributed by atoms with E-state index < -0.39 is 0 Å². The van der Waals surface area contributed by atoms with Crippen LogP contribution in [0.5, 0.6) is 0 Å². The standard InChI is InChI=1S/C25H26O3Se/c1-4-10-20(11-5-1)17-26-19-24-23(27-18-21-12-6-2-7-13-21)16-25(28-24)29-22-14-8-3-9-15-22/h1-15,23-25H,16-19H2/t23-,24-,25?/m1/s1. The molecule has 150 valence electrons. The molecule has 0 radical (unpaired) electrons. The third-order valence-electron chi connectivity index (χ3n) is 4.88. The summed E-state index contributed by atoms with van der Waals surface area (Å²) in [5.41, 5.74) is 2.37. The van der Waals surface area contributed by atoms with Gasteiger partial charge < -0.3 is 0 Å². The zero-order valence-corrected chi connectivity index (χ0v) is 18.1. The molecule has 29 heavy (non-hydrogen) atoms. The first-order valence-electron chi connectivity index (χ1n) is 10.0. The van der Waals surface area contributed by atoms with Gasteiger partial charge in [0.15, 0.2) is 0 Å². The Morgan fingerprint density at radius 2 is 1.34 bits per heavy atom. The average Bonchev–Trinajstić information content (AvgIpc) is 3.16. The fourth-order valence-corrected chi connectivity index (χ4v) is 5.69. The third kappa shape index (κ3) is 6.27. The van der Waals surface area contributed by atoms with Crippen molar-refractivity contribution in [3.05, 3.63) is 102 Å².